The lowest BCUT2D eigenvalue weighted by molar-refractivity contribution is -0.325. The largest absolute Gasteiger partial charge is 0.497 e. The lowest BCUT2D eigenvalue weighted by Crippen LogP contribution is -2.71. The lowest BCUT2D eigenvalue weighted by Gasteiger charge is -2.51. The first-order chi connectivity index (χ1) is 41.4. The molecule has 86 heavy (non-hydrogen) atoms. The molecular weight excluding hydrogens is 1140 g/mol. The molecule has 2 saturated heterocycles. The van der Waals surface area contributed by atoms with Gasteiger partial charge in [-0.3, -0.25) is 19.3 Å². The predicted molar refractivity (Wildman–Crippen MR) is 310 cm³/mol. The zero-order chi connectivity index (χ0) is 61.2. The molecule has 9 rings (SSSR count). The Morgan fingerprint density at radius 1 is 0.616 bits per heavy atom. The van der Waals surface area contributed by atoms with Gasteiger partial charge in [0.1, 0.15) is 47.6 Å². The molecule has 0 saturated carbocycles. The van der Waals surface area contributed by atoms with Gasteiger partial charge in [-0.05, 0) is 86.2 Å². The highest BCUT2D eigenvalue weighted by atomic mass is 28.4. The van der Waals surface area contributed by atoms with Gasteiger partial charge in [0.2, 0.25) is 0 Å². The van der Waals surface area contributed by atoms with Gasteiger partial charge in [0.25, 0.3) is 20.1 Å². The Hall–Kier alpha value is -7.67. The Bertz CT molecular complexity index is 3210. The summed E-state index contributed by atoms with van der Waals surface area (Å²) >= 11 is 0. The number of fused-ring (bicyclic) bond motifs is 1. The summed E-state index contributed by atoms with van der Waals surface area (Å²) in [6, 6.07) is 40.8. The third kappa shape index (κ3) is 13.8. The Balaban J connectivity index is 1.19. The van der Waals surface area contributed by atoms with Crippen molar-refractivity contribution < 1.29 is 79.3 Å². The third-order valence-corrected chi connectivity index (χ3v) is 20.5. The number of rotatable bonds is 24. The van der Waals surface area contributed by atoms with Gasteiger partial charge in [-0.1, -0.05) is 135 Å². The highest BCUT2D eigenvalue weighted by molar-refractivity contribution is 6.99. The highest BCUT2D eigenvalue weighted by Crippen LogP contribution is 2.41. The fourth-order valence-corrected chi connectivity index (χ4v) is 15.8. The summed E-state index contributed by atoms with van der Waals surface area (Å²) < 4.78 is 115. The van der Waals surface area contributed by atoms with E-state index >= 15 is 0 Å². The van der Waals surface area contributed by atoms with Crippen LogP contribution in [-0.4, -0.2) is 140 Å². The molecule has 3 aliphatic heterocycles. The maximum atomic E-state index is 14.9. The molecule has 23 heteroatoms. The van der Waals surface area contributed by atoms with Crippen LogP contribution in [0.1, 0.15) is 58.2 Å². The van der Waals surface area contributed by atoms with Crippen molar-refractivity contribution in [3.8, 4) is 17.2 Å². The molecule has 0 aliphatic carbocycles. The van der Waals surface area contributed by atoms with Crippen LogP contribution in [-0.2, 0) is 62.2 Å². The van der Waals surface area contributed by atoms with Crippen molar-refractivity contribution in [2.24, 2.45) is 5.11 Å². The van der Waals surface area contributed by atoms with Crippen molar-refractivity contribution in [2.45, 2.75) is 113 Å². The van der Waals surface area contributed by atoms with Crippen LogP contribution in [0.5, 0.6) is 17.2 Å². The van der Waals surface area contributed by atoms with Crippen LogP contribution in [0.4, 0.5) is 13.2 Å². The van der Waals surface area contributed by atoms with Gasteiger partial charge in [0.05, 0.1) is 83.7 Å². The summed E-state index contributed by atoms with van der Waals surface area (Å²) in [6.07, 6.45) is -16.5. The SMILES string of the molecule is COc1ccc(COCC2O[C@@H](O[C@@H]3C(N4C(=O)c5ccccc5C4=O)[C@H](OC)OC(CO[Si](c4ccccc4)(c4ccccc4)C(C)(C)C)[C@@H]3N=[N+]=[N-])C(NC(=O)C(F)(F)F)[C@@H](OCc3ccc(OC)cc3)[C@H]2OCc2ccc(OC)cc2)cc1. The van der Waals surface area contributed by atoms with E-state index in [9.17, 15) is 33.1 Å². The fraction of sp³-hybridized carbons (Fsp3) is 0.381. The van der Waals surface area contributed by atoms with Crippen LogP contribution < -0.4 is 29.9 Å². The molecule has 454 valence electrons. The molecule has 0 aromatic heterocycles. The lowest BCUT2D eigenvalue weighted by atomic mass is 9.92. The summed E-state index contributed by atoms with van der Waals surface area (Å²) in [5.41, 5.74) is 12.6. The van der Waals surface area contributed by atoms with Crippen molar-refractivity contribution in [3.05, 3.63) is 196 Å². The van der Waals surface area contributed by atoms with E-state index in [0.717, 1.165) is 15.3 Å². The minimum atomic E-state index is -5.48. The maximum absolute atomic E-state index is 14.9. The standard InChI is InChI=1S/C63H68F3N5O14Si/c1-62(2,3)86(45-16-10-8-11-17-45,46-18-12-9-13-19-46)82-38-49-51(69-70-67)55(53(60(78-7)83-49)71-57(72)47-20-14-15-21-48(47)58(71)73)85-59-52(68-61(74)63(64,65)66)56(81-36-41-26-32-44(77-6)33-27-41)54(80-35-40-24-30-43(76-5)31-25-40)50(84-59)37-79-34-39-22-28-42(75-4)29-23-39/h8-33,49-56,59-60H,34-38H2,1-7H3,(H,68,74)/t49?,50?,51-,52?,53?,54-,55-,56+,59-,60+/m0/s1. The van der Waals surface area contributed by atoms with E-state index in [1.165, 1.54) is 40.6 Å². The van der Waals surface area contributed by atoms with E-state index in [4.69, 9.17) is 51.8 Å². The smallest absolute Gasteiger partial charge is 0.471 e. The molecule has 0 radical (unpaired) electrons. The van der Waals surface area contributed by atoms with Gasteiger partial charge in [0.15, 0.2) is 12.6 Å². The zero-order valence-electron chi connectivity index (χ0n) is 48.5. The second-order valence-electron chi connectivity index (χ2n) is 21.7. The van der Waals surface area contributed by atoms with Crippen LogP contribution >= 0.6 is 0 Å². The number of amides is 3. The van der Waals surface area contributed by atoms with Crippen LogP contribution in [0.25, 0.3) is 10.4 Å². The van der Waals surface area contributed by atoms with E-state index in [-0.39, 0.29) is 44.2 Å². The summed E-state index contributed by atoms with van der Waals surface area (Å²) in [7, 11) is 2.37. The maximum Gasteiger partial charge on any atom is 0.471 e. The first kappa shape index (κ1) is 62.8. The summed E-state index contributed by atoms with van der Waals surface area (Å²) in [4.78, 5) is 47.3. The van der Waals surface area contributed by atoms with E-state index in [0.29, 0.717) is 33.9 Å². The molecule has 1 N–H and O–H groups in total. The van der Waals surface area contributed by atoms with Crippen molar-refractivity contribution in [2.75, 3.05) is 41.7 Å². The Kier molecular flexibility index (Phi) is 20.3. The van der Waals surface area contributed by atoms with E-state index in [1.807, 2.05) is 60.7 Å². The third-order valence-electron chi connectivity index (χ3n) is 15.5. The molecule has 3 heterocycles. The topological polar surface area (TPSA) is 217 Å². The highest BCUT2D eigenvalue weighted by Gasteiger charge is 2.59. The van der Waals surface area contributed by atoms with Gasteiger partial charge in [-0.2, -0.15) is 13.2 Å². The van der Waals surface area contributed by atoms with Crippen LogP contribution in [0.15, 0.2) is 163 Å². The van der Waals surface area contributed by atoms with E-state index in [2.05, 4.69) is 36.1 Å². The average Bonchev–Trinajstić information content (AvgIpc) is 1.29. The number of methoxy groups -OCH3 is 4. The molecule has 0 bridgehead atoms. The molecule has 2 fully saturated rings. The number of alkyl halides is 3. The van der Waals surface area contributed by atoms with E-state index < -0.39 is 98.5 Å². The number of ether oxygens (including phenoxy) is 10. The Morgan fingerprint density at radius 2 is 1.08 bits per heavy atom. The number of nitrogens with one attached hydrogen (secondary N) is 1. The predicted octanol–water partition coefficient (Wildman–Crippen LogP) is 8.85. The molecule has 6 aromatic carbocycles. The quantitative estimate of drug-likeness (QED) is 0.0197. The van der Waals surface area contributed by atoms with Crippen LogP contribution in [0.3, 0.4) is 0 Å². The number of hydrogen-bond acceptors (Lipinski definition) is 15. The van der Waals surface area contributed by atoms with Gasteiger partial charge in [0, 0.05) is 12.0 Å². The molecule has 3 amide bonds. The number of carbonyl (C=O) groups is 3. The van der Waals surface area contributed by atoms with E-state index in [1.54, 1.807) is 84.9 Å². The number of imide groups is 1. The molecule has 6 aromatic rings. The van der Waals surface area contributed by atoms with Crippen LogP contribution in [0.2, 0.25) is 5.04 Å². The van der Waals surface area contributed by atoms with Crippen molar-refractivity contribution in [1.29, 1.82) is 0 Å². The van der Waals surface area contributed by atoms with Gasteiger partial charge >= 0.3 is 12.1 Å². The number of hydrogen-bond donors (Lipinski definition) is 1. The average molecular weight is 1200 g/mol. The van der Waals surface area contributed by atoms with Gasteiger partial charge in [-0.15, -0.1) is 0 Å². The number of azide groups is 1. The monoisotopic (exact) mass is 1200 g/mol. The normalized spacial score (nSPS) is 23.3. The van der Waals surface area contributed by atoms with Crippen molar-refractivity contribution in [3.63, 3.8) is 0 Å². The number of carbonyl (C=O) groups excluding carboxylic acids is 3. The summed E-state index contributed by atoms with van der Waals surface area (Å²) in [5.74, 6) is -2.35. The number of benzene rings is 6. The Morgan fingerprint density at radius 3 is 1.53 bits per heavy atom. The molecule has 10 atom stereocenters. The molecule has 4 unspecified atom stereocenters. The minimum Gasteiger partial charge on any atom is -0.497 e. The Labute approximate surface area is 497 Å². The van der Waals surface area contributed by atoms with Gasteiger partial charge in [-0.25, -0.2) is 0 Å². The number of halogens is 3. The molecule has 19 nitrogen and oxygen atoms in total. The molecule has 3 aliphatic rings. The van der Waals surface area contributed by atoms with Crippen molar-refractivity contribution >= 4 is 36.4 Å². The number of nitrogens with zero attached hydrogens (tertiary/aromatic N) is 4. The molecular formula is C63H68F3N5O14Si. The van der Waals surface area contributed by atoms with Gasteiger partial charge < -0.3 is 57.1 Å². The second-order valence-corrected chi connectivity index (χ2v) is 26.0. The minimum absolute atomic E-state index is 0.00451. The zero-order valence-corrected chi connectivity index (χ0v) is 49.5. The first-order valence-corrected chi connectivity index (χ1v) is 29.7. The molecule has 0 spiro atoms. The fourth-order valence-electron chi connectivity index (χ4n) is 11.2. The van der Waals surface area contributed by atoms with Crippen molar-refractivity contribution in [1.82, 2.24) is 10.2 Å². The van der Waals surface area contributed by atoms with Crippen LogP contribution in [0, 0.1) is 0 Å². The second kappa shape index (κ2) is 27.8. The summed E-state index contributed by atoms with van der Waals surface area (Å²) in [5, 5.41) is 7.58. The summed E-state index contributed by atoms with van der Waals surface area (Å²) in [6.45, 7) is 5.08. The first-order valence-electron chi connectivity index (χ1n) is 27.8.